The molecule has 4 rings (SSSR count). The van der Waals surface area contributed by atoms with E-state index in [-0.39, 0.29) is 11.2 Å². The minimum absolute atomic E-state index is 0.141. The van der Waals surface area contributed by atoms with Gasteiger partial charge in [0.25, 0.3) is 0 Å². The maximum Gasteiger partial charge on any atom is 0.237 e. The smallest absolute Gasteiger partial charge is 0.237 e. The number of nitrogens with two attached hydrogens (primary N) is 1. The first-order valence-electron chi connectivity index (χ1n) is 8.19. The maximum absolute atomic E-state index is 12.4. The third-order valence-corrected chi connectivity index (χ3v) is 5.15. The summed E-state index contributed by atoms with van der Waals surface area (Å²) in [4.78, 5) is 12.4. The van der Waals surface area contributed by atoms with E-state index >= 15 is 0 Å². The molecular formula is C16H19N5O3S. The number of ether oxygens (including phenoxy) is 2. The van der Waals surface area contributed by atoms with Crippen LogP contribution < -0.4 is 20.6 Å². The largest absolute Gasteiger partial charge is 0.486 e. The van der Waals surface area contributed by atoms with E-state index in [1.54, 1.807) is 18.2 Å². The zero-order valence-electron chi connectivity index (χ0n) is 13.8. The second-order valence-electron chi connectivity index (χ2n) is 6.09. The Hall–Kier alpha value is -2.42. The van der Waals surface area contributed by atoms with Crippen molar-refractivity contribution in [1.29, 1.82) is 0 Å². The van der Waals surface area contributed by atoms with Crippen molar-refractivity contribution in [3.05, 3.63) is 24.0 Å². The fourth-order valence-corrected chi connectivity index (χ4v) is 3.34. The Morgan fingerprint density at radius 3 is 2.84 bits per heavy atom. The number of nitrogens with zero attached hydrogens (tertiary/aromatic N) is 3. The van der Waals surface area contributed by atoms with Crippen LogP contribution in [0.4, 0.5) is 5.69 Å². The lowest BCUT2D eigenvalue weighted by atomic mass is 10.2. The number of hydrogen-bond acceptors (Lipinski definition) is 7. The zero-order valence-corrected chi connectivity index (χ0v) is 14.6. The van der Waals surface area contributed by atoms with Crippen molar-refractivity contribution in [3.63, 3.8) is 0 Å². The first kappa shape index (κ1) is 16.1. The fraction of sp³-hybridized carbons (Fsp3) is 0.438. The summed E-state index contributed by atoms with van der Waals surface area (Å²) in [5, 5.41) is 11.3. The highest BCUT2D eigenvalue weighted by Gasteiger charge is 2.30. The van der Waals surface area contributed by atoms with Gasteiger partial charge >= 0.3 is 0 Å². The van der Waals surface area contributed by atoms with Gasteiger partial charge in [0, 0.05) is 17.7 Å². The number of anilines is 1. The van der Waals surface area contributed by atoms with Crippen LogP contribution in [0.5, 0.6) is 11.5 Å². The zero-order chi connectivity index (χ0) is 17.4. The average Bonchev–Trinajstić information content (AvgIpc) is 3.40. The van der Waals surface area contributed by atoms with Gasteiger partial charge in [-0.1, -0.05) is 11.8 Å². The number of aromatic nitrogens is 3. The lowest BCUT2D eigenvalue weighted by Gasteiger charge is -2.19. The number of nitrogens with one attached hydrogen (secondary N) is 1. The summed E-state index contributed by atoms with van der Waals surface area (Å²) in [6, 6.07) is 5.35. The lowest BCUT2D eigenvalue weighted by Crippen LogP contribution is -2.24. The number of rotatable bonds is 5. The molecule has 25 heavy (non-hydrogen) atoms. The fourth-order valence-electron chi connectivity index (χ4n) is 2.57. The van der Waals surface area contributed by atoms with Crippen molar-refractivity contribution in [2.24, 2.45) is 0 Å². The molecule has 3 N–H and O–H groups in total. The number of benzene rings is 1. The van der Waals surface area contributed by atoms with Gasteiger partial charge < -0.3 is 20.6 Å². The van der Waals surface area contributed by atoms with Crippen LogP contribution in [0.2, 0.25) is 0 Å². The molecule has 1 fully saturated rings. The number of amides is 1. The minimum atomic E-state index is -0.369. The number of carbonyl (C=O) groups excluding carboxylic acids is 1. The molecule has 0 bridgehead atoms. The van der Waals surface area contributed by atoms with Gasteiger partial charge in [-0.15, -0.1) is 10.2 Å². The lowest BCUT2D eigenvalue weighted by molar-refractivity contribution is -0.115. The van der Waals surface area contributed by atoms with Crippen LogP contribution >= 0.6 is 11.8 Å². The van der Waals surface area contributed by atoms with E-state index in [0.717, 1.165) is 18.7 Å². The van der Waals surface area contributed by atoms with Gasteiger partial charge in [-0.2, -0.15) is 0 Å². The molecule has 2 aliphatic rings. The Kier molecular flexibility index (Phi) is 4.16. The van der Waals surface area contributed by atoms with E-state index in [4.69, 9.17) is 15.3 Å². The molecule has 1 amide bonds. The van der Waals surface area contributed by atoms with E-state index in [9.17, 15) is 4.79 Å². The molecule has 0 saturated heterocycles. The van der Waals surface area contributed by atoms with Crippen LogP contribution in [0.1, 0.15) is 31.5 Å². The van der Waals surface area contributed by atoms with Crippen molar-refractivity contribution in [2.45, 2.75) is 36.1 Å². The highest BCUT2D eigenvalue weighted by Crippen LogP contribution is 2.39. The molecule has 1 atom stereocenters. The highest BCUT2D eigenvalue weighted by molar-refractivity contribution is 8.00. The molecule has 9 heteroatoms. The summed E-state index contributed by atoms with van der Waals surface area (Å²) in [5.74, 6) is 8.42. The molecule has 8 nitrogen and oxygen atoms in total. The summed E-state index contributed by atoms with van der Waals surface area (Å²) in [6.45, 7) is 2.85. The Morgan fingerprint density at radius 2 is 2.08 bits per heavy atom. The van der Waals surface area contributed by atoms with E-state index in [1.807, 2.05) is 6.92 Å². The first-order chi connectivity index (χ1) is 12.1. The van der Waals surface area contributed by atoms with Crippen molar-refractivity contribution in [3.8, 4) is 11.5 Å². The quantitative estimate of drug-likeness (QED) is 0.617. The van der Waals surface area contributed by atoms with Gasteiger partial charge in [0.05, 0.1) is 5.25 Å². The average molecular weight is 361 g/mol. The second-order valence-corrected chi connectivity index (χ2v) is 7.40. The Bertz CT molecular complexity index is 805. The number of nitrogen functional groups attached to an aromatic ring is 1. The van der Waals surface area contributed by atoms with E-state index < -0.39 is 0 Å². The predicted molar refractivity (Wildman–Crippen MR) is 93.5 cm³/mol. The molecular weight excluding hydrogens is 342 g/mol. The highest BCUT2D eigenvalue weighted by atomic mass is 32.2. The topological polar surface area (TPSA) is 104 Å². The summed E-state index contributed by atoms with van der Waals surface area (Å²) < 4.78 is 12.5. The van der Waals surface area contributed by atoms with Crippen LogP contribution in [0.15, 0.2) is 23.4 Å². The predicted octanol–water partition coefficient (Wildman–Crippen LogP) is 1.76. The van der Waals surface area contributed by atoms with Gasteiger partial charge in [-0.25, -0.2) is 4.68 Å². The second kappa shape index (κ2) is 6.47. The molecule has 0 spiro atoms. The van der Waals surface area contributed by atoms with Crippen LogP contribution in [-0.2, 0) is 4.79 Å². The van der Waals surface area contributed by atoms with E-state index in [0.29, 0.717) is 41.5 Å². The molecule has 1 saturated carbocycles. The first-order valence-corrected chi connectivity index (χ1v) is 9.07. The number of thioether (sulfide) groups is 1. The van der Waals surface area contributed by atoms with Gasteiger partial charge in [0.1, 0.15) is 13.2 Å². The van der Waals surface area contributed by atoms with Gasteiger partial charge in [-0.3, -0.25) is 4.79 Å². The monoisotopic (exact) mass is 361 g/mol. The van der Waals surface area contributed by atoms with Crippen molar-refractivity contribution >= 4 is 23.4 Å². The van der Waals surface area contributed by atoms with Crippen LogP contribution in [0, 0.1) is 0 Å². The SMILES string of the molecule is C[C@@H](Sc1nnc(C2CC2)n1N)C(=O)Nc1ccc2c(c1)OCCO2. The van der Waals surface area contributed by atoms with Crippen LogP contribution in [0.25, 0.3) is 0 Å². The molecule has 1 aliphatic heterocycles. The molecule has 132 valence electrons. The minimum Gasteiger partial charge on any atom is -0.486 e. The molecule has 1 aliphatic carbocycles. The normalized spacial score (nSPS) is 17.2. The van der Waals surface area contributed by atoms with Gasteiger partial charge in [-0.05, 0) is 31.9 Å². The number of carbonyl (C=O) groups is 1. The van der Waals surface area contributed by atoms with E-state index in [2.05, 4.69) is 15.5 Å². The molecule has 0 unspecified atom stereocenters. The molecule has 1 aromatic carbocycles. The van der Waals surface area contributed by atoms with Crippen LogP contribution in [-0.4, -0.2) is 39.2 Å². The number of hydrogen-bond donors (Lipinski definition) is 2. The summed E-state index contributed by atoms with van der Waals surface area (Å²) in [6.07, 6.45) is 2.19. The molecule has 2 aromatic rings. The van der Waals surface area contributed by atoms with Gasteiger partial charge in [0.15, 0.2) is 17.3 Å². The molecule has 0 radical (unpaired) electrons. The summed E-state index contributed by atoms with van der Waals surface area (Å²) in [5.41, 5.74) is 0.662. The maximum atomic E-state index is 12.4. The van der Waals surface area contributed by atoms with E-state index in [1.165, 1.54) is 16.4 Å². The Balaban J connectivity index is 1.40. The van der Waals surface area contributed by atoms with Crippen LogP contribution in [0.3, 0.4) is 0 Å². The van der Waals surface area contributed by atoms with Crippen molar-refractivity contribution in [1.82, 2.24) is 14.9 Å². The standard InChI is InChI=1S/C16H19N5O3S/c1-9(25-16-20-19-14(21(16)17)10-2-3-10)15(22)18-11-4-5-12-13(8-11)24-7-6-23-12/h4-5,8-10H,2-3,6-7,17H2,1H3,(H,18,22)/t9-/m1/s1. The van der Waals surface area contributed by atoms with Crippen molar-refractivity contribution in [2.75, 3.05) is 24.4 Å². The Labute approximate surface area is 149 Å². The Morgan fingerprint density at radius 1 is 1.32 bits per heavy atom. The van der Waals surface area contributed by atoms with Crippen molar-refractivity contribution < 1.29 is 14.3 Å². The third-order valence-electron chi connectivity index (χ3n) is 4.09. The van der Waals surface area contributed by atoms with Gasteiger partial charge in [0.2, 0.25) is 11.1 Å². The summed E-state index contributed by atoms with van der Waals surface area (Å²) in [7, 11) is 0. The molecule has 2 heterocycles. The third kappa shape index (κ3) is 3.37. The molecule has 1 aromatic heterocycles. The number of fused-ring (bicyclic) bond motifs is 1. The summed E-state index contributed by atoms with van der Waals surface area (Å²) >= 11 is 1.29.